The maximum Gasteiger partial charge on any atom is 0.410 e. The molecule has 29 heavy (non-hydrogen) atoms. The molecule has 0 N–H and O–H groups in total. The molecule has 0 bridgehead atoms. The Bertz CT molecular complexity index is 644. The number of ether oxygens (including phenoxy) is 2. The van der Waals surface area contributed by atoms with Crippen molar-refractivity contribution in [2.75, 3.05) is 20.7 Å². The van der Waals surface area contributed by atoms with Crippen molar-refractivity contribution in [3.63, 3.8) is 0 Å². The highest BCUT2D eigenvalue weighted by Crippen LogP contribution is 2.37. The summed E-state index contributed by atoms with van der Waals surface area (Å²) in [6.45, 7) is 10.8. The fourth-order valence-corrected chi connectivity index (χ4v) is 4.68. The highest BCUT2D eigenvalue weighted by molar-refractivity contribution is 5.77. The van der Waals surface area contributed by atoms with Crippen LogP contribution < -0.4 is 0 Å². The average molecular weight is 407 g/mol. The summed E-state index contributed by atoms with van der Waals surface area (Å²) in [4.78, 5) is 29.0. The van der Waals surface area contributed by atoms with Gasteiger partial charge in [-0.05, 0) is 59.9 Å². The number of rotatable bonds is 5. The molecule has 1 saturated carbocycles. The third-order valence-corrected chi connectivity index (χ3v) is 6.23. The minimum Gasteiger partial charge on any atom is -0.469 e. The van der Waals surface area contributed by atoms with E-state index in [2.05, 4.69) is 24.8 Å². The van der Waals surface area contributed by atoms with Gasteiger partial charge in [-0.15, -0.1) is 0 Å². The lowest BCUT2D eigenvalue weighted by Crippen LogP contribution is -2.58. The van der Waals surface area contributed by atoms with E-state index in [0.29, 0.717) is 6.04 Å². The second-order valence-electron chi connectivity index (χ2n) is 9.31. The summed E-state index contributed by atoms with van der Waals surface area (Å²) in [5, 5.41) is 0. The van der Waals surface area contributed by atoms with Crippen molar-refractivity contribution in [3.05, 3.63) is 24.3 Å². The fraction of sp³-hybridized carbons (Fsp3) is 0.739. The minimum atomic E-state index is -0.486. The largest absolute Gasteiger partial charge is 0.469 e. The lowest BCUT2D eigenvalue weighted by atomic mass is 9.77. The number of nitrogens with zero attached hydrogens (tertiary/aromatic N) is 2. The summed E-state index contributed by atoms with van der Waals surface area (Å²) < 4.78 is 10.6. The smallest absolute Gasteiger partial charge is 0.410 e. The summed E-state index contributed by atoms with van der Waals surface area (Å²) in [7, 11) is 3.28. The summed E-state index contributed by atoms with van der Waals surface area (Å²) >= 11 is 0. The van der Waals surface area contributed by atoms with E-state index in [4.69, 9.17) is 9.47 Å². The number of methoxy groups -OCH3 is 1. The summed E-state index contributed by atoms with van der Waals surface area (Å²) in [5.41, 5.74) is -0.898. The highest BCUT2D eigenvalue weighted by atomic mass is 16.6. The van der Waals surface area contributed by atoms with Crippen LogP contribution in [-0.4, -0.2) is 65.8 Å². The van der Waals surface area contributed by atoms with Gasteiger partial charge in [0.2, 0.25) is 0 Å². The second-order valence-corrected chi connectivity index (χ2v) is 9.31. The van der Waals surface area contributed by atoms with Crippen molar-refractivity contribution in [2.45, 2.75) is 83.5 Å². The van der Waals surface area contributed by atoms with Crippen LogP contribution in [0, 0.1) is 5.92 Å². The molecule has 0 spiro atoms. The van der Waals surface area contributed by atoms with E-state index < -0.39 is 11.1 Å². The fourth-order valence-electron chi connectivity index (χ4n) is 4.68. The summed E-state index contributed by atoms with van der Waals surface area (Å²) in [6.07, 6.45) is 11.6. The van der Waals surface area contributed by atoms with E-state index >= 15 is 0 Å². The van der Waals surface area contributed by atoms with Gasteiger partial charge in [-0.1, -0.05) is 31.2 Å². The molecule has 1 fully saturated rings. The number of hydrogen-bond acceptors (Lipinski definition) is 5. The standard InChI is InChI=1S/C23H38N2O4/c1-8-25(23(5)16-10-9-11-19(23)20(26)28-7)18-14-12-17(13-15-18)24(6)21(27)29-22(2,3)4/h9-11,16-19H,8,12-15H2,1-7H3. The lowest BCUT2D eigenvalue weighted by Gasteiger charge is -2.49. The van der Waals surface area contributed by atoms with Crippen molar-refractivity contribution < 1.29 is 19.1 Å². The van der Waals surface area contributed by atoms with Crippen LogP contribution in [0.2, 0.25) is 0 Å². The van der Waals surface area contributed by atoms with Crippen molar-refractivity contribution in [3.8, 4) is 0 Å². The Morgan fingerprint density at radius 1 is 1.10 bits per heavy atom. The third kappa shape index (κ3) is 5.41. The predicted molar refractivity (Wildman–Crippen MR) is 115 cm³/mol. The Morgan fingerprint density at radius 3 is 2.21 bits per heavy atom. The molecule has 0 heterocycles. The number of hydrogen-bond donors (Lipinski definition) is 0. The molecule has 2 atom stereocenters. The number of likely N-dealkylation sites (N-methyl/N-ethyl adjacent to an activating group) is 1. The monoisotopic (exact) mass is 406 g/mol. The molecule has 0 saturated heterocycles. The maximum absolute atomic E-state index is 12.4. The van der Waals surface area contributed by atoms with Gasteiger partial charge < -0.3 is 14.4 Å². The number of esters is 1. The summed E-state index contributed by atoms with van der Waals surface area (Å²) in [5.74, 6) is -0.524. The van der Waals surface area contributed by atoms with Crippen LogP contribution in [0.3, 0.4) is 0 Å². The van der Waals surface area contributed by atoms with Crippen molar-refractivity contribution in [1.29, 1.82) is 0 Å². The Morgan fingerprint density at radius 2 is 1.69 bits per heavy atom. The van der Waals surface area contributed by atoms with Crippen LogP contribution in [0.15, 0.2) is 24.3 Å². The van der Waals surface area contributed by atoms with Gasteiger partial charge in [-0.2, -0.15) is 0 Å². The van der Waals surface area contributed by atoms with Gasteiger partial charge in [-0.25, -0.2) is 4.79 Å². The van der Waals surface area contributed by atoms with E-state index in [9.17, 15) is 9.59 Å². The van der Waals surface area contributed by atoms with Crippen molar-refractivity contribution in [2.24, 2.45) is 5.92 Å². The van der Waals surface area contributed by atoms with Crippen LogP contribution in [0.5, 0.6) is 0 Å². The van der Waals surface area contributed by atoms with E-state index in [-0.39, 0.29) is 24.0 Å². The number of amides is 1. The Hall–Kier alpha value is -1.82. The number of carbonyl (C=O) groups is 2. The van der Waals surface area contributed by atoms with Crippen molar-refractivity contribution >= 4 is 12.1 Å². The molecule has 0 aromatic rings. The SMILES string of the molecule is CCN(C1CCC(N(C)C(=O)OC(C)(C)C)CC1)C1(C)C=CC=CC1C(=O)OC. The molecule has 0 aliphatic heterocycles. The molecular weight excluding hydrogens is 368 g/mol. The first-order valence-corrected chi connectivity index (χ1v) is 10.7. The zero-order valence-corrected chi connectivity index (χ0v) is 19.1. The van der Waals surface area contributed by atoms with Gasteiger partial charge >= 0.3 is 12.1 Å². The van der Waals surface area contributed by atoms with Crippen LogP contribution >= 0.6 is 0 Å². The zero-order chi connectivity index (χ0) is 21.8. The Kier molecular flexibility index (Phi) is 7.55. The van der Waals surface area contributed by atoms with Crippen LogP contribution in [0.25, 0.3) is 0 Å². The molecular formula is C23H38N2O4. The van der Waals surface area contributed by atoms with Gasteiger partial charge in [-0.3, -0.25) is 9.69 Å². The first-order valence-electron chi connectivity index (χ1n) is 10.7. The molecule has 0 radical (unpaired) electrons. The lowest BCUT2D eigenvalue weighted by molar-refractivity contribution is -0.148. The quantitative estimate of drug-likeness (QED) is 0.642. The van der Waals surface area contributed by atoms with Gasteiger partial charge in [0, 0.05) is 19.1 Å². The topological polar surface area (TPSA) is 59.1 Å². The molecule has 2 rings (SSSR count). The molecule has 6 heteroatoms. The van der Waals surface area contributed by atoms with E-state index in [1.54, 1.807) is 4.90 Å². The molecule has 0 aromatic carbocycles. The van der Waals surface area contributed by atoms with E-state index in [0.717, 1.165) is 32.2 Å². The molecule has 2 unspecified atom stereocenters. The van der Waals surface area contributed by atoms with Gasteiger partial charge in [0.05, 0.1) is 18.6 Å². The Labute approximate surface area is 175 Å². The third-order valence-electron chi connectivity index (χ3n) is 6.23. The summed E-state index contributed by atoms with van der Waals surface area (Å²) in [6, 6.07) is 0.544. The van der Waals surface area contributed by atoms with Crippen LogP contribution in [0.1, 0.15) is 60.3 Å². The molecule has 6 nitrogen and oxygen atoms in total. The molecule has 0 aromatic heterocycles. The zero-order valence-electron chi connectivity index (χ0n) is 19.1. The van der Waals surface area contributed by atoms with Gasteiger partial charge in [0.25, 0.3) is 0 Å². The highest BCUT2D eigenvalue weighted by Gasteiger charge is 2.45. The average Bonchev–Trinajstić information content (AvgIpc) is 2.66. The Balaban J connectivity index is 2.06. The van der Waals surface area contributed by atoms with Gasteiger partial charge in [0.15, 0.2) is 0 Å². The maximum atomic E-state index is 12.4. The first kappa shape index (κ1) is 23.5. The molecule has 2 aliphatic carbocycles. The van der Waals surface area contributed by atoms with Crippen LogP contribution in [0.4, 0.5) is 4.79 Å². The molecule has 2 aliphatic rings. The van der Waals surface area contributed by atoms with Crippen molar-refractivity contribution in [1.82, 2.24) is 9.80 Å². The molecule has 164 valence electrons. The molecule has 1 amide bonds. The second kappa shape index (κ2) is 9.33. The normalized spacial score (nSPS) is 29.6. The van der Waals surface area contributed by atoms with Gasteiger partial charge in [0.1, 0.15) is 5.60 Å². The van der Waals surface area contributed by atoms with E-state index in [1.165, 1.54) is 7.11 Å². The number of allylic oxidation sites excluding steroid dienone is 2. The number of carbonyl (C=O) groups excluding carboxylic acids is 2. The first-order chi connectivity index (χ1) is 13.5. The van der Waals surface area contributed by atoms with E-state index in [1.807, 2.05) is 46.0 Å². The van der Waals surface area contributed by atoms with Crippen LogP contribution in [-0.2, 0) is 14.3 Å². The predicted octanol–water partition coefficient (Wildman–Crippen LogP) is 4.16. The minimum absolute atomic E-state index is 0.186.